The highest BCUT2D eigenvalue weighted by Crippen LogP contribution is 2.25. The van der Waals surface area contributed by atoms with Crippen LogP contribution in [0.5, 0.6) is 5.75 Å². The molecule has 1 aromatic carbocycles. The average Bonchev–Trinajstić information content (AvgIpc) is 2.95. The molecule has 0 unspecified atom stereocenters. The summed E-state index contributed by atoms with van der Waals surface area (Å²) in [5.74, 6) is 0.373. The third-order valence-electron chi connectivity index (χ3n) is 2.79. The Bertz CT molecular complexity index is 728. The minimum Gasteiger partial charge on any atom is -0.494 e. The first kappa shape index (κ1) is 15.3. The van der Waals surface area contributed by atoms with Crippen LogP contribution in [0.2, 0.25) is 0 Å². The summed E-state index contributed by atoms with van der Waals surface area (Å²) in [6, 6.07) is 6.99. The van der Waals surface area contributed by atoms with E-state index >= 15 is 0 Å². The van der Waals surface area contributed by atoms with E-state index in [2.05, 4.69) is 10.0 Å². The van der Waals surface area contributed by atoms with Gasteiger partial charge in [0.15, 0.2) is 0 Å². The van der Waals surface area contributed by atoms with Crippen LogP contribution >= 0.6 is 0 Å². The summed E-state index contributed by atoms with van der Waals surface area (Å²) in [5, 5.41) is 2.83. The van der Waals surface area contributed by atoms with Crippen LogP contribution in [0.1, 0.15) is 5.76 Å². The fraction of sp³-hybridized carbons (Fsp3) is 0.231. The molecule has 2 N–H and O–H groups in total. The molecule has 2 aromatic rings. The first-order chi connectivity index (χ1) is 9.96. The molecule has 0 bridgehead atoms. The number of anilines is 1. The standard InChI is InChI=1S/C13H15FN2O4S/c1-15-21(17,18)13-6-4-10(20-13)8-16-11-5-3-9(14)7-12(11)19-2/h3-7,15-16H,8H2,1-2H3. The topological polar surface area (TPSA) is 80.6 Å². The Morgan fingerprint density at radius 1 is 1.29 bits per heavy atom. The van der Waals surface area contributed by atoms with E-state index in [1.807, 2.05) is 0 Å². The minimum absolute atomic E-state index is 0.159. The quantitative estimate of drug-likeness (QED) is 0.852. The summed E-state index contributed by atoms with van der Waals surface area (Å²) >= 11 is 0. The smallest absolute Gasteiger partial charge is 0.273 e. The number of hydrogen-bond donors (Lipinski definition) is 2. The third kappa shape index (κ3) is 3.53. The van der Waals surface area contributed by atoms with E-state index in [4.69, 9.17) is 9.15 Å². The second-order valence-electron chi connectivity index (χ2n) is 4.13. The van der Waals surface area contributed by atoms with Gasteiger partial charge in [0, 0.05) is 6.07 Å². The number of nitrogens with one attached hydrogen (secondary N) is 2. The lowest BCUT2D eigenvalue weighted by atomic mass is 10.2. The van der Waals surface area contributed by atoms with Crippen LogP contribution in [0, 0.1) is 5.82 Å². The Balaban J connectivity index is 2.11. The molecule has 0 aliphatic rings. The fourth-order valence-electron chi connectivity index (χ4n) is 1.69. The first-order valence-electron chi connectivity index (χ1n) is 6.06. The van der Waals surface area contributed by atoms with Crippen molar-refractivity contribution in [3.05, 3.63) is 41.9 Å². The summed E-state index contributed by atoms with van der Waals surface area (Å²) in [4.78, 5) is 0. The van der Waals surface area contributed by atoms with E-state index in [0.717, 1.165) is 0 Å². The second-order valence-corrected chi connectivity index (χ2v) is 5.94. The van der Waals surface area contributed by atoms with Gasteiger partial charge in [-0.15, -0.1) is 0 Å². The second kappa shape index (κ2) is 6.15. The van der Waals surface area contributed by atoms with Gasteiger partial charge < -0.3 is 14.5 Å². The number of hydrogen-bond acceptors (Lipinski definition) is 5. The zero-order chi connectivity index (χ0) is 15.5. The molecular weight excluding hydrogens is 299 g/mol. The van der Waals surface area contributed by atoms with Crippen LogP contribution in [0.25, 0.3) is 0 Å². The van der Waals surface area contributed by atoms with Crippen molar-refractivity contribution in [1.29, 1.82) is 0 Å². The van der Waals surface area contributed by atoms with Gasteiger partial charge in [-0.2, -0.15) is 0 Å². The van der Waals surface area contributed by atoms with Crippen LogP contribution in [0.3, 0.4) is 0 Å². The van der Waals surface area contributed by atoms with Gasteiger partial charge in [0.25, 0.3) is 10.0 Å². The number of furan rings is 1. The van der Waals surface area contributed by atoms with Crippen LogP contribution in [0.4, 0.5) is 10.1 Å². The molecule has 0 atom stereocenters. The molecule has 0 aliphatic heterocycles. The summed E-state index contributed by atoms with van der Waals surface area (Å²) in [6.07, 6.45) is 0. The van der Waals surface area contributed by atoms with Crippen LogP contribution in [-0.2, 0) is 16.6 Å². The molecule has 0 fully saturated rings. The molecule has 21 heavy (non-hydrogen) atoms. The summed E-state index contributed by atoms with van der Waals surface area (Å²) in [7, 11) is -0.858. The number of rotatable bonds is 6. The van der Waals surface area contributed by atoms with Crippen LogP contribution in [0.15, 0.2) is 39.8 Å². The van der Waals surface area contributed by atoms with Gasteiger partial charge in [-0.3, -0.25) is 0 Å². The lowest BCUT2D eigenvalue weighted by Gasteiger charge is -2.10. The first-order valence-corrected chi connectivity index (χ1v) is 7.54. The SMILES string of the molecule is CNS(=O)(=O)c1ccc(CNc2ccc(F)cc2OC)o1. The van der Waals surface area contributed by atoms with Crippen molar-refractivity contribution >= 4 is 15.7 Å². The maximum atomic E-state index is 13.1. The Morgan fingerprint density at radius 2 is 2.05 bits per heavy atom. The average molecular weight is 314 g/mol. The van der Waals surface area contributed by atoms with Crippen molar-refractivity contribution in [3.63, 3.8) is 0 Å². The molecular formula is C13H15FN2O4S. The number of halogens is 1. The van der Waals surface area contributed by atoms with Gasteiger partial charge in [0.2, 0.25) is 5.09 Å². The third-order valence-corrected chi connectivity index (χ3v) is 4.07. The number of benzene rings is 1. The molecule has 0 aliphatic carbocycles. The minimum atomic E-state index is -3.60. The van der Waals surface area contributed by atoms with Crippen molar-refractivity contribution in [2.24, 2.45) is 0 Å². The van der Waals surface area contributed by atoms with Gasteiger partial charge in [-0.25, -0.2) is 17.5 Å². The monoisotopic (exact) mass is 314 g/mol. The Hall–Kier alpha value is -2.06. The maximum absolute atomic E-state index is 13.1. The highest BCUT2D eigenvalue weighted by Gasteiger charge is 2.16. The molecule has 0 saturated heterocycles. The van der Waals surface area contributed by atoms with Crippen molar-refractivity contribution < 1.29 is 22.0 Å². The molecule has 0 spiro atoms. The number of ether oxygens (including phenoxy) is 1. The van der Waals surface area contributed by atoms with Crippen LogP contribution < -0.4 is 14.8 Å². The van der Waals surface area contributed by atoms with Crippen molar-refractivity contribution in [1.82, 2.24) is 4.72 Å². The molecule has 0 amide bonds. The summed E-state index contributed by atoms with van der Waals surface area (Å²) in [5.41, 5.74) is 0.577. The van der Waals surface area contributed by atoms with Crippen LogP contribution in [-0.4, -0.2) is 22.6 Å². The Morgan fingerprint density at radius 3 is 2.71 bits per heavy atom. The molecule has 1 heterocycles. The van der Waals surface area contributed by atoms with Crippen molar-refractivity contribution in [2.45, 2.75) is 11.6 Å². The van der Waals surface area contributed by atoms with Crippen molar-refractivity contribution in [3.8, 4) is 5.75 Å². The normalized spacial score (nSPS) is 11.4. The molecule has 0 saturated carbocycles. The predicted octanol–water partition coefficient (Wildman–Crippen LogP) is 1.95. The Labute approximate surface area is 122 Å². The molecule has 2 rings (SSSR count). The van der Waals surface area contributed by atoms with Gasteiger partial charge in [-0.1, -0.05) is 0 Å². The van der Waals surface area contributed by atoms with Gasteiger partial charge >= 0.3 is 0 Å². The summed E-state index contributed by atoms with van der Waals surface area (Å²) < 4.78 is 48.6. The number of sulfonamides is 1. The van der Waals surface area contributed by atoms with E-state index in [9.17, 15) is 12.8 Å². The molecule has 1 aromatic heterocycles. The predicted molar refractivity (Wildman–Crippen MR) is 75.2 cm³/mol. The van der Waals surface area contributed by atoms with Gasteiger partial charge in [0.1, 0.15) is 17.3 Å². The van der Waals surface area contributed by atoms with E-state index in [1.165, 1.54) is 38.4 Å². The zero-order valence-electron chi connectivity index (χ0n) is 11.5. The molecule has 8 heteroatoms. The lowest BCUT2D eigenvalue weighted by molar-refractivity contribution is 0.409. The van der Waals surface area contributed by atoms with Crippen molar-refractivity contribution in [2.75, 3.05) is 19.5 Å². The Kier molecular flexibility index (Phi) is 4.49. The van der Waals surface area contributed by atoms with E-state index in [1.54, 1.807) is 6.07 Å². The maximum Gasteiger partial charge on any atom is 0.273 e. The van der Waals surface area contributed by atoms with E-state index < -0.39 is 15.8 Å². The zero-order valence-corrected chi connectivity index (χ0v) is 12.3. The van der Waals surface area contributed by atoms with E-state index in [0.29, 0.717) is 17.2 Å². The molecule has 0 radical (unpaired) electrons. The number of methoxy groups -OCH3 is 1. The van der Waals surface area contributed by atoms with Gasteiger partial charge in [0.05, 0.1) is 19.3 Å². The summed E-state index contributed by atoms with van der Waals surface area (Å²) in [6.45, 7) is 0.237. The largest absolute Gasteiger partial charge is 0.494 e. The van der Waals surface area contributed by atoms with E-state index in [-0.39, 0.29) is 11.6 Å². The lowest BCUT2D eigenvalue weighted by Crippen LogP contribution is -2.17. The van der Waals surface area contributed by atoms with Gasteiger partial charge in [-0.05, 0) is 31.3 Å². The highest BCUT2D eigenvalue weighted by atomic mass is 32.2. The highest BCUT2D eigenvalue weighted by molar-refractivity contribution is 7.89. The molecule has 114 valence electrons. The molecule has 6 nitrogen and oxygen atoms in total. The fourth-order valence-corrected chi connectivity index (χ4v) is 2.36.